The zero-order valence-corrected chi connectivity index (χ0v) is 13.1. The maximum atomic E-state index is 6.35. The molecule has 0 bridgehead atoms. The van der Waals surface area contributed by atoms with Crippen LogP contribution in [0.25, 0.3) is 0 Å². The van der Waals surface area contributed by atoms with Gasteiger partial charge in [-0.3, -0.25) is 0 Å². The number of rotatable bonds is 4. The number of nitrogens with two attached hydrogens (primary N) is 1. The van der Waals surface area contributed by atoms with E-state index in [1.807, 2.05) is 12.1 Å². The maximum Gasteiger partial charge on any atom is 0.161 e. The Kier molecular flexibility index (Phi) is 4.59. The minimum atomic E-state index is 0.0585. The predicted molar refractivity (Wildman–Crippen MR) is 82.2 cm³/mol. The molecule has 0 radical (unpaired) electrons. The molecule has 2 atom stereocenters. The average molecular weight is 277 g/mol. The molecule has 0 saturated heterocycles. The summed E-state index contributed by atoms with van der Waals surface area (Å²) in [6.07, 6.45) is 2.18. The first-order valence-corrected chi connectivity index (χ1v) is 7.50. The summed E-state index contributed by atoms with van der Waals surface area (Å²) < 4.78 is 11.2. The molecule has 0 aliphatic carbocycles. The number of benzene rings is 1. The van der Waals surface area contributed by atoms with Crippen molar-refractivity contribution in [1.82, 2.24) is 0 Å². The standard InChI is InChI=1S/C17H27NO2/c1-12(11-17(2,3)4)9-14(18)13-5-6-15-16(10-13)20-8-7-19-15/h5-6,10,12,14H,7-9,11,18H2,1-4H3. The zero-order chi connectivity index (χ0) is 14.8. The Morgan fingerprint density at radius 3 is 2.45 bits per heavy atom. The van der Waals surface area contributed by atoms with E-state index in [1.54, 1.807) is 0 Å². The molecule has 2 unspecified atom stereocenters. The van der Waals surface area contributed by atoms with E-state index in [1.165, 1.54) is 6.42 Å². The lowest BCUT2D eigenvalue weighted by molar-refractivity contribution is 0.171. The third kappa shape index (κ3) is 4.14. The highest BCUT2D eigenvalue weighted by atomic mass is 16.6. The lowest BCUT2D eigenvalue weighted by Gasteiger charge is -2.26. The Bertz CT molecular complexity index is 451. The van der Waals surface area contributed by atoms with Crippen molar-refractivity contribution >= 4 is 0 Å². The van der Waals surface area contributed by atoms with Crippen LogP contribution in [-0.2, 0) is 0 Å². The number of fused-ring (bicyclic) bond motifs is 1. The van der Waals surface area contributed by atoms with Gasteiger partial charge in [0.1, 0.15) is 13.2 Å². The van der Waals surface area contributed by atoms with Gasteiger partial charge in [0.2, 0.25) is 0 Å². The fraction of sp³-hybridized carbons (Fsp3) is 0.647. The van der Waals surface area contributed by atoms with E-state index in [-0.39, 0.29) is 6.04 Å². The van der Waals surface area contributed by atoms with Gasteiger partial charge >= 0.3 is 0 Å². The second kappa shape index (κ2) is 6.04. The fourth-order valence-electron chi connectivity index (χ4n) is 2.99. The van der Waals surface area contributed by atoms with Gasteiger partial charge in [-0.15, -0.1) is 0 Å². The summed E-state index contributed by atoms with van der Waals surface area (Å²) in [6, 6.07) is 6.12. The fourth-order valence-corrected chi connectivity index (χ4v) is 2.99. The van der Waals surface area contributed by atoms with Crippen molar-refractivity contribution in [3.63, 3.8) is 0 Å². The first kappa shape index (κ1) is 15.2. The Labute approximate surface area is 122 Å². The van der Waals surface area contributed by atoms with Crippen LogP contribution in [0.2, 0.25) is 0 Å². The molecule has 1 heterocycles. The predicted octanol–water partition coefficient (Wildman–Crippen LogP) is 3.92. The van der Waals surface area contributed by atoms with E-state index in [0.717, 1.165) is 23.5 Å². The van der Waals surface area contributed by atoms with E-state index in [4.69, 9.17) is 15.2 Å². The second-order valence-electron chi connectivity index (χ2n) is 7.12. The second-order valence-corrected chi connectivity index (χ2v) is 7.12. The summed E-state index contributed by atoms with van der Waals surface area (Å²) >= 11 is 0. The minimum Gasteiger partial charge on any atom is -0.486 e. The van der Waals surface area contributed by atoms with Crippen LogP contribution in [0.1, 0.15) is 52.1 Å². The largest absolute Gasteiger partial charge is 0.486 e. The summed E-state index contributed by atoms with van der Waals surface area (Å²) in [5.41, 5.74) is 7.84. The molecule has 0 aromatic heterocycles. The minimum absolute atomic E-state index is 0.0585. The molecule has 2 N–H and O–H groups in total. The lowest BCUT2D eigenvalue weighted by atomic mass is 9.82. The molecule has 20 heavy (non-hydrogen) atoms. The number of hydrogen-bond donors (Lipinski definition) is 1. The first-order valence-electron chi connectivity index (χ1n) is 7.50. The molecule has 0 spiro atoms. The highest BCUT2D eigenvalue weighted by Crippen LogP contribution is 2.34. The molecule has 112 valence electrons. The molecule has 0 fully saturated rings. The monoisotopic (exact) mass is 277 g/mol. The van der Waals surface area contributed by atoms with Gasteiger partial charge in [-0.05, 0) is 41.9 Å². The summed E-state index contributed by atoms with van der Waals surface area (Å²) in [5, 5.41) is 0. The first-order chi connectivity index (χ1) is 9.35. The van der Waals surface area contributed by atoms with Crippen molar-refractivity contribution in [3.8, 4) is 11.5 Å². The third-order valence-corrected chi connectivity index (χ3v) is 3.61. The van der Waals surface area contributed by atoms with Crippen molar-refractivity contribution < 1.29 is 9.47 Å². The van der Waals surface area contributed by atoms with Gasteiger partial charge in [0.05, 0.1) is 0 Å². The van der Waals surface area contributed by atoms with Crippen molar-refractivity contribution in [1.29, 1.82) is 0 Å². The molecule has 0 saturated carbocycles. The van der Waals surface area contributed by atoms with E-state index in [9.17, 15) is 0 Å². The SMILES string of the molecule is CC(CC(N)c1ccc2c(c1)OCCO2)CC(C)(C)C. The normalized spacial score (nSPS) is 17.6. The summed E-state index contributed by atoms with van der Waals surface area (Å²) in [4.78, 5) is 0. The van der Waals surface area contributed by atoms with Crippen molar-refractivity contribution in [3.05, 3.63) is 23.8 Å². The molecule has 2 rings (SSSR count). The van der Waals surface area contributed by atoms with Gasteiger partial charge in [-0.25, -0.2) is 0 Å². The molecule has 1 aromatic carbocycles. The topological polar surface area (TPSA) is 44.5 Å². The smallest absolute Gasteiger partial charge is 0.161 e. The van der Waals surface area contributed by atoms with Crippen LogP contribution in [-0.4, -0.2) is 13.2 Å². The Balaban J connectivity index is 2.00. The van der Waals surface area contributed by atoms with Gasteiger partial charge in [0.15, 0.2) is 11.5 Å². The van der Waals surface area contributed by atoms with Gasteiger partial charge in [-0.2, -0.15) is 0 Å². The highest BCUT2D eigenvalue weighted by molar-refractivity contribution is 5.44. The van der Waals surface area contributed by atoms with E-state index in [0.29, 0.717) is 24.5 Å². The van der Waals surface area contributed by atoms with Crippen LogP contribution >= 0.6 is 0 Å². The average Bonchev–Trinajstić information content (AvgIpc) is 2.35. The summed E-state index contributed by atoms with van der Waals surface area (Å²) in [6.45, 7) is 10.4. The molecule has 3 nitrogen and oxygen atoms in total. The zero-order valence-electron chi connectivity index (χ0n) is 13.1. The van der Waals surface area contributed by atoms with Gasteiger partial charge in [-0.1, -0.05) is 33.8 Å². The molecule has 1 aliphatic heterocycles. The number of ether oxygens (including phenoxy) is 2. The Hall–Kier alpha value is -1.22. The van der Waals surface area contributed by atoms with E-state index >= 15 is 0 Å². The van der Waals surface area contributed by atoms with E-state index < -0.39 is 0 Å². The molecular weight excluding hydrogens is 250 g/mol. The van der Waals surface area contributed by atoms with Crippen LogP contribution in [0, 0.1) is 11.3 Å². The van der Waals surface area contributed by atoms with Gasteiger partial charge in [0, 0.05) is 6.04 Å². The lowest BCUT2D eigenvalue weighted by Crippen LogP contribution is -2.19. The summed E-state index contributed by atoms with van der Waals surface area (Å²) in [5.74, 6) is 2.26. The highest BCUT2D eigenvalue weighted by Gasteiger charge is 2.20. The van der Waals surface area contributed by atoms with Crippen LogP contribution in [0.4, 0.5) is 0 Å². The Morgan fingerprint density at radius 1 is 1.15 bits per heavy atom. The molecule has 0 amide bonds. The number of hydrogen-bond acceptors (Lipinski definition) is 3. The van der Waals surface area contributed by atoms with Crippen LogP contribution in [0.5, 0.6) is 11.5 Å². The molecule has 3 heteroatoms. The Morgan fingerprint density at radius 2 is 1.80 bits per heavy atom. The third-order valence-electron chi connectivity index (χ3n) is 3.61. The van der Waals surface area contributed by atoms with Gasteiger partial charge in [0.25, 0.3) is 0 Å². The van der Waals surface area contributed by atoms with Crippen molar-refractivity contribution in [2.24, 2.45) is 17.1 Å². The summed E-state index contributed by atoms with van der Waals surface area (Å²) in [7, 11) is 0. The molecular formula is C17H27NO2. The maximum absolute atomic E-state index is 6.35. The van der Waals surface area contributed by atoms with Crippen molar-refractivity contribution in [2.45, 2.75) is 46.6 Å². The quantitative estimate of drug-likeness (QED) is 0.907. The molecule has 1 aromatic rings. The van der Waals surface area contributed by atoms with Crippen LogP contribution < -0.4 is 15.2 Å². The molecule has 1 aliphatic rings. The van der Waals surface area contributed by atoms with Crippen LogP contribution in [0.15, 0.2) is 18.2 Å². The van der Waals surface area contributed by atoms with Crippen LogP contribution in [0.3, 0.4) is 0 Å². The van der Waals surface area contributed by atoms with Crippen molar-refractivity contribution in [2.75, 3.05) is 13.2 Å². The van der Waals surface area contributed by atoms with E-state index in [2.05, 4.69) is 33.8 Å². The van der Waals surface area contributed by atoms with Gasteiger partial charge < -0.3 is 15.2 Å².